The van der Waals surface area contributed by atoms with Gasteiger partial charge in [0, 0.05) is 11.1 Å². The van der Waals surface area contributed by atoms with E-state index in [1.165, 1.54) is 19.2 Å². The Morgan fingerprint density at radius 1 is 1.03 bits per heavy atom. The van der Waals surface area contributed by atoms with Crippen molar-refractivity contribution >= 4 is 21.5 Å². The van der Waals surface area contributed by atoms with E-state index in [1.54, 1.807) is 25.5 Å². The van der Waals surface area contributed by atoms with Gasteiger partial charge in [0.2, 0.25) is 0 Å². The zero-order valence-corrected chi connectivity index (χ0v) is 17.3. The van der Waals surface area contributed by atoms with Gasteiger partial charge in [0.15, 0.2) is 15.6 Å². The number of hydrogen-bond donors (Lipinski definition) is 1. The first-order chi connectivity index (χ1) is 14.5. The zero-order chi connectivity index (χ0) is 21.1. The molecule has 0 aliphatic rings. The van der Waals surface area contributed by atoms with Crippen LogP contribution in [0.1, 0.15) is 6.92 Å². The SMILES string of the molecule is CCS(=O)(=O)c1ccc(OC)c(Nc2ncc(-c3cccc(-c4ccco4)c3)o2)c1. The molecule has 2 heterocycles. The van der Waals surface area contributed by atoms with Crippen LogP contribution in [-0.4, -0.2) is 26.3 Å². The first kappa shape index (κ1) is 19.8. The number of nitrogens with zero attached hydrogens (tertiary/aromatic N) is 1. The quantitative estimate of drug-likeness (QED) is 0.438. The van der Waals surface area contributed by atoms with Crippen molar-refractivity contribution in [2.45, 2.75) is 11.8 Å². The number of furan rings is 1. The molecule has 4 aromatic rings. The molecule has 7 nitrogen and oxygen atoms in total. The molecule has 0 aliphatic heterocycles. The van der Waals surface area contributed by atoms with Crippen molar-refractivity contribution in [3.05, 3.63) is 67.1 Å². The highest BCUT2D eigenvalue weighted by atomic mass is 32.2. The first-order valence-electron chi connectivity index (χ1n) is 9.28. The second kappa shape index (κ2) is 8.08. The van der Waals surface area contributed by atoms with E-state index in [0.29, 0.717) is 17.2 Å². The summed E-state index contributed by atoms with van der Waals surface area (Å²) in [4.78, 5) is 4.46. The number of ether oxygens (including phenoxy) is 1. The van der Waals surface area contributed by atoms with Gasteiger partial charge in [-0.2, -0.15) is 0 Å². The van der Waals surface area contributed by atoms with E-state index in [2.05, 4.69) is 10.3 Å². The summed E-state index contributed by atoms with van der Waals surface area (Å²) in [6, 6.07) is 16.3. The minimum atomic E-state index is -3.36. The molecule has 2 aromatic heterocycles. The Kier molecular flexibility index (Phi) is 5.33. The monoisotopic (exact) mass is 424 g/mol. The van der Waals surface area contributed by atoms with E-state index in [1.807, 2.05) is 36.4 Å². The number of benzene rings is 2. The molecular weight excluding hydrogens is 404 g/mol. The predicted octanol–water partition coefficient (Wildman–Crippen LogP) is 5.15. The van der Waals surface area contributed by atoms with E-state index in [9.17, 15) is 8.42 Å². The smallest absolute Gasteiger partial charge is 0.299 e. The van der Waals surface area contributed by atoms with Gasteiger partial charge in [0.05, 0.1) is 35.9 Å². The summed E-state index contributed by atoms with van der Waals surface area (Å²) in [6.07, 6.45) is 3.22. The van der Waals surface area contributed by atoms with Crippen LogP contribution in [0, 0.1) is 0 Å². The highest BCUT2D eigenvalue weighted by Gasteiger charge is 2.16. The fourth-order valence-corrected chi connectivity index (χ4v) is 3.90. The molecule has 0 atom stereocenters. The van der Waals surface area contributed by atoms with Crippen molar-refractivity contribution in [2.75, 3.05) is 18.2 Å². The first-order valence-corrected chi connectivity index (χ1v) is 10.9. The summed E-state index contributed by atoms with van der Waals surface area (Å²) in [5.74, 6) is 1.80. The van der Waals surface area contributed by atoms with Gasteiger partial charge in [-0.15, -0.1) is 0 Å². The average Bonchev–Trinajstić information content (AvgIpc) is 3.46. The number of hydrogen-bond acceptors (Lipinski definition) is 7. The lowest BCUT2D eigenvalue weighted by atomic mass is 10.1. The van der Waals surface area contributed by atoms with E-state index in [-0.39, 0.29) is 16.7 Å². The van der Waals surface area contributed by atoms with Crippen LogP contribution in [0.2, 0.25) is 0 Å². The number of nitrogens with one attached hydrogen (secondary N) is 1. The van der Waals surface area contributed by atoms with Crippen LogP contribution in [0.3, 0.4) is 0 Å². The fourth-order valence-electron chi connectivity index (χ4n) is 2.99. The number of oxazole rings is 1. The fraction of sp³-hybridized carbons (Fsp3) is 0.136. The number of anilines is 2. The molecule has 30 heavy (non-hydrogen) atoms. The molecule has 0 saturated carbocycles. The van der Waals surface area contributed by atoms with Crippen LogP contribution < -0.4 is 10.1 Å². The summed E-state index contributed by atoms with van der Waals surface area (Å²) in [5.41, 5.74) is 2.20. The summed E-state index contributed by atoms with van der Waals surface area (Å²) in [5, 5.41) is 3.01. The Labute approximate surface area is 174 Å². The Hall–Kier alpha value is -3.52. The van der Waals surface area contributed by atoms with Crippen LogP contribution >= 0.6 is 0 Å². The molecule has 154 valence electrons. The number of methoxy groups -OCH3 is 1. The van der Waals surface area contributed by atoms with Gasteiger partial charge in [-0.25, -0.2) is 13.4 Å². The maximum atomic E-state index is 12.2. The van der Waals surface area contributed by atoms with E-state index in [4.69, 9.17) is 13.6 Å². The normalized spacial score (nSPS) is 11.4. The molecule has 0 unspecified atom stereocenters. The van der Waals surface area contributed by atoms with Crippen molar-refractivity contribution in [3.8, 4) is 28.4 Å². The lowest BCUT2D eigenvalue weighted by molar-refractivity contribution is 0.416. The van der Waals surface area contributed by atoms with Crippen molar-refractivity contribution in [2.24, 2.45) is 0 Å². The average molecular weight is 424 g/mol. The van der Waals surface area contributed by atoms with Gasteiger partial charge >= 0.3 is 0 Å². The van der Waals surface area contributed by atoms with E-state index >= 15 is 0 Å². The minimum Gasteiger partial charge on any atom is -0.495 e. The summed E-state index contributed by atoms with van der Waals surface area (Å²) in [6.45, 7) is 1.60. The van der Waals surface area contributed by atoms with Gasteiger partial charge in [-0.05, 0) is 36.4 Å². The van der Waals surface area contributed by atoms with Crippen LogP contribution in [0.15, 0.2) is 80.8 Å². The third kappa shape index (κ3) is 3.95. The summed E-state index contributed by atoms with van der Waals surface area (Å²) < 4.78 is 41.0. The topological polar surface area (TPSA) is 94.6 Å². The molecular formula is C22H20N2O5S. The molecule has 0 saturated heterocycles. The van der Waals surface area contributed by atoms with Crippen LogP contribution in [0.5, 0.6) is 5.75 Å². The highest BCUT2D eigenvalue weighted by molar-refractivity contribution is 7.91. The highest BCUT2D eigenvalue weighted by Crippen LogP contribution is 2.33. The van der Waals surface area contributed by atoms with E-state index < -0.39 is 9.84 Å². The molecule has 0 aliphatic carbocycles. The Balaban J connectivity index is 1.63. The molecule has 0 amide bonds. The lowest BCUT2D eigenvalue weighted by Crippen LogP contribution is -2.05. The second-order valence-electron chi connectivity index (χ2n) is 6.48. The zero-order valence-electron chi connectivity index (χ0n) is 16.5. The van der Waals surface area contributed by atoms with Gasteiger partial charge in [0.25, 0.3) is 6.01 Å². The molecule has 1 N–H and O–H groups in total. The summed E-state index contributed by atoms with van der Waals surface area (Å²) in [7, 11) is -1.85. The van der Waals surface area contributed by atoms with Gasteiger partial charge in [-0.1, -0.05) is 25.1 Å². The number of sulfone groups is 1. The number of aromatic nitrogens is 1. The van der Waals surface area contributed by atoms with Gasteiger partial charge in [-0.3, -0.25) is 0 Å². The van der Waals surface area contributed by atoms with Crippen molar-refractivity contribution < 1.29 is 22.0 Å². The molecule has 0 spiro atoms. The molecule has 0 radical (unpaired) electrons. The molecule has 8 heteroatoms. The molecule has 4 rings (SSSR count). The van der Waals surface area contributed by atoms with Crippen molar-refractivity contribution in [1.82, 2.24) is 4.98 Å². The standard InChI is InChI=1S/C22H20N2O5S/c1-3-30(25,26)17-9-10-20(27-2)18(13-17)24-22-23-14-21(29-22)16-7-4-6-15(12-16)19-8-5-11-28-19/h4-14H,3H2,1-2H3,(H,23,24). The third-order valence-corrected chi connectivity index (χ3v) is 6.34. The number of rotatable bonds is 7. The van der Waals surface area contributed by atoms with Crippen molar-refractivity contribution in [3.63, 3.8) is 0 Å². The minimum absolute atomic E-state index is 0.00787. The Bertz CT molecular complexity index is 1260. The van der Waals surface area contributed by atoms with Crippen LogP contribution in [0.25, 0.3) is 22.6 Å². The Morgan fingerprint density at radius 2 is 1.83 bits per heavy atom. The van der Waals surface area contributed by atoms with Crippen LogP contribution in [-0.2, 0) is 9.84 Å². The van der Waals surface area contributed by atoms with E-state index in [0.717, 1.165) is 16.9 Å². The third-order valence-electron chi connectivity index (χ3n) is 4.61. The molecule has 0 fully saturated rings. The molecule has 2 aromatic carbocycles. The predicted molar refractivity (Wildman–Crippen MR) is 114 cm³/mol. The molecule has 0 bridgehead atoms. The summed E-state index contributed by atoms with van der Waals surface area (Å²) >= 11 is 0. The van der Waals surface area contributed by atoms with Gasteiger partial charge < -0.3 is 18.9 Å². The maximum absolute atomic E-state index is 12.2. The lowest BCUT2D eigenvalue weighted by Gasteiger charge is -2.11. The largest absolute Gasteiger partial charge is 0.495 e. The van der Waals surface area contributed by atoms with Crippen molar-refractivity contribution in [1.29, 1.82) is 0 Å². The second-order valence-corrected chi connectivity index (χ2v) is 8.76. The maximum Gasteiger partial charge on any atom is 0.299 e. The van der Waals surface area contributed by atoms with Gasteiger partial charge in [0.1, 0.15) is 11.5 Å². The van der Waals surface area contributed by atoms with Crippen LogP contribution in [0.4, 0.5) is 11.7 Å². The Morgan fingerprint density at radius 3 is 2.53 bits per heavy atom.